The summed E-state index contributed by atoms with van der Waals surface area (Å²) in [5, 5.41) is 0. The van der Waals surface area contributed by atoms with Crippen LogP contribution in [0.4, 0.5) is 0 Å². The van der Waals surface area contributed by atoms with Crippen molar-refractivity contribution in [1.82, 2.24) is 0 Å². The van der Waals surface area contributed by atoms with Crippen molar-refractivity contribution in [3.05, 3.63) is 29.8 Å². The first-order valence-electron chi connectivity index (χ1n) is 7.14. The predicted octanol–water partition coefficient (Wildman–Crippen LogP) is 3.47. The smallest absolute Gasteiger partial charge is 0.150 e. The Hall–Kier alpha value is -1.35. The molecule has 1 aromatic carbocycles. The molecule has 0 N–H and O–H groups in total. The molecule has 1 aliphatic heterocycles. The molecule has 1 heterocycles. The molecule has 0 aliphatic carbocycles. The van der Waals surface area contributed by atoms with E-state index in [0.717, 1.165) is 44.2 Å². The minimum absolute atomic E-state index is 0.666. The van der Waals surface area contributed by atoms with E-state index in [9.17, 15) is 4.79 Å². The number of unbranched alkanes of at least 4 members (excludes halogenated alkanes) is 1. The topological polar surface area (TPSA) is 35.5 Å². The highest BCUT2D eigenvalue weighted by molar-refractivity contribution is 5.75. The maximum atomic E-state index is 10.6. The van der Waals surface area contributed by atoms with E-state index in [4.69, 9.17) is 9.47 Å². The van der Waals surface area contributed by atoms with Gasteiger partial charge < -0.3 is 9.47 Å². The van der Waals surface area contributed by atoms with Crippen molar-refractivity contribution in [2.75, 3.05) is 19.8 Å². The Morgan fingerprint density at radius 2 is 2.11 bits per heavy atom. The van der Waals surface area contributed by atoms with Crippen molar-refractivity contribution in [3.8, 4) is 5.75 Å². The predicted molar refractivity (Wildman–Crippen MR) is 74.7 cm³/mol. The van der Waals surface area contributed by atoms with Crippen LogP contribution in [0.15, 0.2) is 24.3 Å². The lowest BCUT2D eigenvalue weighted by molar-refractivity contribution is 0.0628. The number of hydrogen-bond donors (Lipinski definition) is 0. The molecule has 2 rings (SSSR count). The zero-order valence-electron chi connectivity index (χ0n) is 11.3. The summed E-state index contributed by atoms with van der Waals surface area (Å²) in [6, 6.07) is 7.31. The van der Waals surface area contributed by atoms with Gasteiger partial charge in [0.05, 0.1) is 6.61 Å². The van der Waals surface area contributed by atoms with Crippen molar-refractivity contribution in [2.45, 2.75) is 32.1 Å². The summed E-state index contributed by atoms with van der Waals surface area (Å²) in [7, 11) is 0. The average molecular weight is 262 g/mol. The Balaban J connectivity index is 1.59. The lowest BCUT2D eigenvalue weighted by Gasteiger charge is -2.21. The SMILES string of the molecule is O=Cc1cccc(OCCCCC2CCOCC2)c1. The van der Waals surface area contributed by atoms with Crippen molar-refractivity contribution < 1.29 is 14.3 Å². The van der Waals surface area contributed by atoms with E-state index in [0.29, 0.717) is 5.56 Å². The van der Waals surface area contributed by atoms with Crippen LogP contribution >= 0.6 is 0 Å². The summed E-state index contributed by atoms with van der Waals surface area (Å²) >= 11 is 0. The van der Waals surface area contributed by atoms with Gasteiger partial charge in [0.25, 0.3) is 0 Å². The van der Waals surface area contributed by atoms with Crippen LogP contribution in [0, 0.1) is 5.92 Å². The molecule has 0 unspecified atom stereocenters. The fourth-order valence-electron chi connectivity index (χ4n) is 2.44. The number of ether oxygens (including phenoxy) is 2. The summed E-state index contributed by atoms with van der Waals surface area (Å²) in [5.74, 6) is 1.63. The van der Waals surface area contributed by atoms with Gasteiger partial charge in [-0.3, -0.25) is 4.79 Å². The fraction of sp³-hybridized carbons (Fsp3) is 0.562. The largest absolute Gasteiger partial charge is 0.494 e. The van der Waals surface area contributed by atoms with Crippen LogP contribution in [-0.2, 0) is 4.74 Å². The van der Waals surface area contributed by atoms with Crippen molar-refractivity contribution in [2.24, 2.45) is 5.92 Å². The summed E-state index contributed by atoms with van der Waals surface area (Å²) in [4.78, 5) is 10.6. The molecular formula is C16H22O3. The van der Waals surface area contributed by atoms with E-state index in [1.54, 1.807) is 12.1 Å². The first-order chi connectivity index (χ1) is 9.38. The Kier molecular flexibility index (Phi) is 5.89. The maximum Gasteiger partial charge on any atom is 0.150 e. The molecule has 0 bridgehead atoms. The monoisotopic (exact) mass is 262 g/mol. The number of aldehydes is 1. The first kappa shape index (κ1) is 14.1. The third kappa shape index (κ3) is 5.03. The van der Waals surface area contributed by atoms with Crippen LogP contribution in [0.3, 0.4) is 0 Å². The Labute approximate surface area is 114 Å². The van der Waals surface area contributed by atoms with Crippen molar-refractivity contribution in [3.63, 3.8) is 0 Å². The number of carbonyl (C=O) groups is 1. The van der Waals surface area contributed by atoms with Gasteiger partial charge in [-0.15, -0.1) is 0 Å². The third-order valence-corrected chi connectivity index (χ3v) is 3.61. The standard InChI is InChI=1S/C16H22O3/c17-13-15-5-3-6-16(12-15)19-9-2-1-4-14-7-10-18-11-8-14/h3,5-6,12-14H,1-2,4,7-11H2. The van der Waals surface area contributed by atoms with E-state index in [1.165, 1.54) is 25.7 Å². The van der Waals surface area contributed by atoms with Crippen LogP contribution in [0.1, 0.15) is 42.5 Å². The lowest BCUT2D eigenvalue weighted by atomic mass is 9.94. The summed E-state index contributed by atoms with van der Waals surface area (Å²) in [5.41, 5.74) is 0.666. The van der Waals surface area contributed by atoms with Gasteiger partial charge in [0.15, 0.2) is 0 Å². The lowest BCUT2D eigenvalue weighted by Crippen LogP contribution is -2.15. The van der Waals surface area contributed by atoms with E-state index in [2.05, 4.69) is 0 Å². The Bertz CT molecular complexity index is 383. The molecule has 0 atom stereocenters. The number of hydrogen-bond acceptors (Lipinski definition) is 3. The quantitative estimate of drug-likeness (QED) is 0.557. The number of carbonyl (C=O) groups excluding carboxylic acids is 1. The van der Waals surface area contributed by atoms with Gasteiger partial charge in [0.1, 0.15) is 12.0 Å². The van der Waals surface area contributed by atoms with Gasteiger partial charge in [0.2, 0.25) is 0 Å². The van der Waals surface area contributed by atoms with Crippen molar-refractivity contribution in [1.29, 1.82) is 0 Å². The molecule has 1 aromatic rings. The minimum Gasteiger partial charge on any atom is -0.494 e. The molecule has 1 aliphatic rings. The van der Waals surface area contributed by atoms with Crippen LogP contribution in [0.5, 0.6) is 5.75 Å². The second-order valence-corrected chi connectivity index (χ2v) is 5.09. The molecular weight excluding hydrogens is 240 g/mol. The molecule has 3 nitrogen and oxygen atoms in total. The normalized spacial score (nSPS) is 16.2. The highest BCUT2D eigenvalue weighted by Crippen LogP contribution is 2.21. The number of rotatable bonds is 7. The molecule has 3 heteroatoms. The highest BCUT2D eigenvalue weighted by atomic mass is 16.5. The van der Waals surface area contributed by atoms with E-state index in [1.807, 2.05) is 12.1 Å². The van der Waals surface area contributed by atoms with Crippen LogP contribution in [-0.4, -0.2) is 26.1 Å². The molecule has 1 saturated heterocycles. The molecule has 0 amide bonds. The molecule has 19 heavy (non-hydrogen) atoms. The van der Waals surface area contributed by atoms with Crippen LogP contribution < -0.4 is 4.74 Å². The Morgan fingerprint density at radius 1 is 1.26 bits per heavy atom. The van der Waals surface area contributed by atoms with Crippen molar-refractivity contribution >= 4 is 6.29 Å². The third-order valence-electron chi connectivity index (χ3n) is 3.61. The van der Waals surface area contributed by atoms with Gasteiger partial charge in [-0.05, 0) is 43.7 Å². The highest BCUT2D eigenvalue weighted by Gasteiger charge is 2.12. The minimum atomic E-state index is 0.666. The average Bonchev–Trinajstić information content (AvgIpc) is 2.48. The van der Waals surface area contributed by atoms with E-state index >= 15 is 0 Å². The zero-order valence-corrected chi connectivity index (χ0v) is 11.3. The van der Waals surface area contributed by atoms with E-state index < -0.39 is 0 Å². The molecule has 0 spiro atoms. The molecule has 0 saturated carbocycles. The fourth-order valence-corrected chi connectivity index (χ4v) is 2.44. The van der Waals surface area contributed by atoms with Crippen LogP contribution in [0.25, 0.3) is 0 Å². The Morgan fingerprint density at radius 3 is 2.89 bits per heavy atom. The van der Waals surface area contributed by atoms with Gasteiger partial charge in [-0.1, -0.05) is 18.6 Å². The molecule has 0 radical (unpaired) electrons. The summed E-state index contributed by atoms with van der Waals surface area (Å²) in [6.07, 6.45) is 6.82. The molecule has 0 aromatic heterocycles. The second kappa shape index (κ2) is 7.95. The summed E-state index contributed by atoms with van der Waals surface area (Å²) in [6.45, 7) is 2.59. The van der Waals surface area contributed by atoms with Gasteiger partial charge >= 0.3 is 0 Å². The van der Waals surface area contributed by atoms with E-state index in [-0.39, 0.29) is 0 Å². The first-order valence-corrected chi connectivity index (χ1v) is 7.14. The molecule has 104 valence electrons. The van der Waals surface area contributed by atoms with Gasteiger partial charge in [-0.25, -0.2) is 0 Å². The zero-order chi connectivity index (χ0) is 13.3. The van der Waals surface area contributed by atoms with Gasteiger partial charge in [-0.2, -0.15) is 0 Å². The van der Waals surface area contributed by atoms with Crippen LogP contribution in [0.2, 0.25) is 0 Å². The summed E-state index contributed by atoms with van der Waals surface area (Å²) < 4.78 is 11.0. The number of benzene rings is 1. The molecule has 1 fully saturated rings. The van der Waals surface area contributed by atoms with Gasteiger partial charge in [0, 0.05) is 18.8 Å². The second-order valence-electron chi connectivity index (χ2n) is 5.09. The maximum absolute atomic E-state index is 10.6.